The van der Waals surface area contributed by atoms with Gasteiger partial charge in [0, 0.05) is 53.4 Å². The Hall–Kier alpha value is -7.46. The maximum atomic E-state index is 2.44. The molecule has 59 heavy (non-hydrogen) atoms. The molecule has 0 radical (unpaired) electrons. The number of benzene rings is 10. The van der Waals surface area contributed by atoms with Gasteiger partial charge < -0.3 is 9.47 Å². The van der Waals surface area contributed by atoms with Gasteiger partial charge in [-0.25, -0.2) is 0 Å². The SMILES string of the molecule is c1ccc(-n2c3cc(-c4ccc(N(c5ccc(-c6ccc7ccccc7c6)cc5)c5cccc6sc7ccccc7c56)cc4)ccc3c3ccc4ccccc4c32)cc1. The maximum Gasteiger partial charge on any atom is 0.0619 e. The summed E-state index contributed by atoms with van der Waals surface area (Å²) in [4.78, 5) is 2.43. The molecular weight excluding hydrogens is 733 g/mol. The van der Waals surface area contributed by atoms with Gasteiger partial charge in [-0.05, 0) is 105 Å². The molecule has 2 nitrogen and oxygen atoms in total. The van der Waals surface area contributed by atoms with Crippen molar-refractivity contribution in [1.82, 2.24) is 4.57 Å². The van der Waals surface area contributed by atoms with Crippen LogP contribution >= 0.6 is 11.3 Å². The van der Waals surface area contributed by atoms with Gasteiger partial charge in [-0.15, -0.1) is 11.3 Å². The van der Waals surface area contributed by atoms with E-state index in [-0.39, 0.29) is 0 Å². The minimum atomic E-state index is 1.11. The van der Waals surface area contributed by atoms with Crippen molar-refractivity contribution in [3.8, 4) is 27.9 Å². The summed E-state index contributed by atoms with van der Waals surface area (Å²) in [6.07, 6.45) is 0. The van der Waals surface area contributed by atoms with E-state index in [2.05, 4.69) is 228 Å². The second kappa shape index (κ2) is 13.6. The second-order valence-electron chi connectivity index (χ2n) is 15.3. The first-order valence-corrected chi connectivity index (χ1v) is 21.0. The maximum absolute atomic E-state index is 2.44. The summed E-state index contributed by atoms with van der Waals surface area (Å²) in [5, 5.41) is 10.1. The molecule has 0 bridgehead atoms. The highest BCUT2D eigenvalue weighted by Gasteiger charge is 2.20. The van der Waals surface area contributed by atoms with Crippen LogP contribution in [0.25, 0.3) is 91.5 Å². The van der Waals surface area contributed by atoms with Crippen LogP contribution in [0.3, 0.4) is 0 Å². The lowest BCUT2D eigenvalue weighted by Crippen LogP contribution is -2.10. The largest absolute Gasteiger partial charge is 0.310 e. The topological polar surface area (TPSA) is 8.17 Å². The number of para-hydroxylation sites is 1. The third-order valence-corrected chi connectivity index (χ3v) is 13.1. The van der Waals surface area contributed by atoms with E-state index in [1.54, 1.807) is 0 Å². The van der Waals surface area contributed by atoms with Crippen LogP contribution in [0, 0.1) is 0 Å². The van der Waals surface area contributed by atoms with Crippen LogP contribution in [-0.2, 0) is 0 Å². The molecule has 0 atom stereocenters. The average Bonchev–Trinajstić information content (AvgIpc) is 3.86. The molecule has 0 spiro atoms. The van der Waals surface area contributed by atoms with Crippen LogP contribution in [0.5, 0.6) is 0 Å². The van der Waals surface area contributed by atoms with Crippen LogP contribution in [0.2, 0.25) is 0 Å². The van der Waals surface area contributed by atoms with E-state index in [1.807, 2.05) is 11.3 Å². The summed E-state index contributed by atoms with van der Waals surface area (Å²) < 4.78 is 5.03. The van der Waals surface area contributed by atoms with Crippen LogP contribution < -0.4 is 4.90 Å². The van der Waals surface area contributed by atoms with Crippen LogP contribution in [0.1, 0.15) is 0 Å². The third-order valence-electron chi connectivity index (χ3n) is 12.0. The zero-order valence-electron chi connectivity index (χ0n) is 32.1. The van der Waals surface area contributed by atoms with Crippen LogP contribution in [0.15, 0.2) is 218 Å². The minimum absolute atomic E-state index is 1.11. The summed E-state index contributed by atoms with van der Waals surface area (Å²) in [6, 6.07) is 80.0. The molecule has 10 aromatic carbocycles. The van der Waals surface area contributed by atoms with Crippen molar-refractivity contribution in [3.05, 3.63) is 218 Å². The molecule has 0 saturated carbocycles. The monoisotopic (exact) mass is 768 g/mol. The third kappa shape index (κ3) is 5.55. The first kappa shape index (κ1) is 33.7. The van der Waals surface area contributed by atoms with E-state index in [0.717, 1.165) is 17.1 Å². The fraction of sp³-hybridized carbons (Fsp3) is 0. The zero-order chi connectivity index (χ0) is 38.9. The number of aromatic nitrogens is 1. The molecule has 3 heteroatoms. The number of thiophene rings is 1. The van der Waals surface area contributed by atoms with E-state index >= 15 is 0 Å². The van der Waals surface area contributed by atoms with Gasteiger partial charge in [0.2, 0.25) is 0 Å². The Morgan fingerprint density at radius 1 is 0.356 bits per heavy atom. The van der Waals surface area contributed by atoms with Gasteiger partial charge >= 0.3 is 0 Å². The molecule has 2 heterocycles. The number of rotatable bonds is 6. The summed E-state index contributed by atoms with van der Waals surface area (Å²) >= 11 is 1.86. The van der Waals surface area contributed by atoms with Gasteiger partial charge in [-0.3, -0.25) is 0 Å². The van der Waals surface area contributed by atoms with Gasteiger partial charge in [-0.1, -0.05) is 152 Å². The molecule has 0 saturated heterocycles. The second-order valence-corrected chi connectivity index (χ2v) is 16.4. The molecule has 0 aliphatic rings. The molecule has 0 aliphatic heterocycles. The average molecular weight is 769 g/mol. The van der Waals surface area contributed by atoms with Gasteiger partial charge in [-0.2, -0.15) is 0 Å². The summed E-state index contributed by atoms with van der Waals surface area (Å²) in [5.74, 6) is 0. The smallest absolute Gasteiger partial charge is 0.0619 e. The number of fused-ring (bicyclic) bond motifs is 9. The Kier molecular flexibility index (Phi) is 7.75. The quantitative estimate of drug-likeness (QED) is 0.164. The first-order chi connectivity index (χ1) is 29.2. The predicted octanol–water partition coefficient (Wildman–Crippen LogP) is 16.3. The minimum Gasteiger partial charge on any atom is -0.310 e. The zero-order valence-corrected chi connectivity index (χ0v) is 32.9. The number of hydrogen-bond donors (Lipinski definition) is 0. The molecule has 2 aromatic heterocycles. The summed E-state index contributed by atoms with van der Waals surface area (Å²) in [7, 11) is 0. The normalized spacial score (nSPS) is 11.7. The van der Waals surface area contributed by atoms with Crippen LogP contribution in [-0.4, -0.2) is 4.57 Å². The van der Waals surface area contributed by atoms with Crippen molar-refractivity contribution in [2.75, 3.05) is 4.90 Å². The Balaban J connectivity index is 0.997. The Morgan fingerprint density at radius 2 is 0.932 bits per heavy atom. The molecule has 0 amide bonds. The van der Waals surface area contributed by atoms with Crippen molar-refractivity contribution < 1.29 is 0 Å². The first-order valence-electron chi connectivity index (χ1n) is 20.2. The molecule has 12 rings (SSSR count). The van der Waals surface area contributed by atoms with E-state index in [4.69, 9.17) is 0 Å². The van der Waals surface area contributed by atoms with Crippen molar-refractivity contribution in [2.24, 2.45) is 0 Å². The Bertz CT molecular complexity index is 3540. The van der Waals surface area contributed by atoms with Crippen molar-refractivity contribution in [3.63, 3.8) is 0 Å². The van der Waals surface area contributed by atoms with E-state index in [9.17, 15) is 0 Å². The molecule has 0 fully saturated rings. The van der Waals surface area contributed by atoms with E-state index in [0.29, 0.717) is 0 Å². The van der Waals surface area contributed by atoms with Gasteiger partial charge in [0.15, 0.2) is 0 Å². The summed E-state index contributed by atoms with van der Waals surface area (Å²) in [6.45, 7) is 0. The van der Waals surface area contributed by atoms with Gasteiger partial charge in [0.25, 0.3) is 0 Å². The highest BCUT2D eigenvalue weighted by molar-refractivity contribution is 7.26. The van der Waals surface area contributed by atoms with Gasteiger partial charge in [0.1, 0.15) is 0 Å². The highest BCUT2D eigenvalue weighted by atomic mass is 32.1. The van der Waals surface area contributed by atoms with E-state index < -0.39 is 0 Å². The number of hydrogen-bond acceptors (Lipinski definition) is 2. The Labute approximate surface area is 346 Å². The lowest BCUT2D eigenvalue weighted by molar-refractivity contribution is 1.19. The molecule has 12 aromatic rings. The fourth-order valence-electron chi connectivity index (χ4n) is 9.15. The lowest BCUT2D eigenvalue weighted by Gasteiger charge is -2.27. The van der Waals surface area contributed by atoms with E-state index in [1.165, 1.54) is 91.5 Å². The standard InChI is InChI=1S/C56H36N2S/c1-2-14-44(15-3-1)58-52-36-43(28-33-48(52)49-34-27-40-12-6-7-16-47(40)56(49)58)39-25-31-46(32-26-39)57(51-18-10-20-54-55(51)50-17-8-9-19-53(50)59-54)45-29-23-38(24-30-45)42-22-21-37-11-4-5-13-41(37)35-42/h1-36H. The van der Waals surface area contributed by atoms with Crippen molar-refractivity contribution in [1.29, 1.82) is 0 Å². The molecule has 0 N–H and O–H groups in total. The lowest BCUT2D eigenvalue weighted by atomic mass is 10.00. The van der Waals surface area contributed by atoms with Crippen molar-refractivity contribution in [2.45, 2.75) is 0 Å². The molecular formula is C56H36N2S. The number of anilines is 3. The van der Waals surface area contributed by atoms with Crippen molar-refractivity contribution >= 4 is 91.9 Å². The molecule has 276 valence electrons. The van der Waals surface area contributed by atoms with Crippen LogP contribution in [0.4, 0.5) is 17.1 Å². The molecule has 0 aliphatic carbocycles. The Morgan fingerprint density at radius 3 is 1.71 bits per heavy atom. The highest BCUT2D eigenvalue weighted by Crippen LogP contribution is 2.46. The fourth-order valence-corrected chi connectivity index (χ4v) is 10.3. The predicted molar refractivity (Wildman–Crippen MR) is 254 cm³/mol. The van der Waals surface area contributed by atoms with Gasteiger partial charge in [0.05, 0.1) is 16.7 Å². The molecule has 0 unspecified atom stereocenters. The summed E-state index contributed by atoms with van der Waals surface area (Å²) in [5.41, 5.74) is 11.8. The number of nitrogens with zero attached hydrogens (tertiary/aromatic N) is 2.